The van der Waals surface area contributed by atoms with E-state index in [1.54, 1.807) is 14.2 Å². The van der Waals surface area contributed by atoms with Gasteiger partial charge in [0.05, 0.1) is 14.2 Å². The predicted molar refractivity (Wildman–Crippen MR) is 95.1 cm³/mol. The van der Waals surface area contributed by atoms with Crippen LogP contribution < -0.4 is 14.8 Å². The van der Waals surface area contributed by atoms with Gasteiger partial charge in [0.25, 0.3) is 0 Å². The van der Waals surface area contributed by atoms with E-state index in [1.165, 1.54) is 5.56 Å². The van der Waals surface area contributed by atoms with Gasteiger partial charge in [-0.3, -0.25) is 0 Å². The number of nitrogens with zero attached hydrogens (tertiary/aromatic N) is 1. The van der Waals surface area contributed by atoms with Crippen LogP contribution in [0.1, 0.15) is 19.4 Å². The molecule has 0 fully saturated rings. The molecule has 1 heterocycles. The molecular formula is C19H22N2O3. The van der Waals surface area contributed by atoms with Gasteiger partial charge in [-0.05, 0) is 17.7 Å². The summed E-state index contributed by atoms with van der Waals surface area (Å²) in [6.07, 6.45) is 0. The predicted octanol–water partition coefficient (Wildman–Crippen LogP) is 4.23. The van der Waals surface area contributed by atoms with Crippen molar-refractivity contribution in [1.82, 2.24) is 5.16 Å². The zero-order valence-corrected chi connectivity index (χ0v) is 14.4. The fraction of sp³-hybridized carbons (Fsp3) is 0.316. The first-order valence-corrected chi connectivity index (χ1v) is 7.86. The van der Waals surface area contributed by atoms with Crippen molar-refractivity contribution in [2.75, 3.05) is 26.1 Å². The second-order valence-electron chi connectivity index (χ2n) is 6.31. The molecule has 126 valence electrons. The molecular weight excluding hydrogens is 304 g/mol. The third-order valence-electron chi connectivity index (χ3n) is 4.24. The van der Waals surface area contributed by atoms with Gasteiger partial charge in [0.1, 0.15) is 11.1 Å². The molecule has 2 aromatic carbocycles. The maximum Gasteiger partial charge on any atom is 0.214 e. The summed E-state index contributed by atoms with van der Waals surface area (Å²) in [7, 11) is 3.24. The molecule has 24 heavy (non-hydrogen) atoms. The monoisotopic (exact) mass is 326 g/mol. The second kappa shape index (κ2) is 6.43. The van der Waals surface area contributed by atoms with E-state index in [0.29, 0.717) is 29.4 Å². The van der Waals surface area contributed by atoms with Crippen LogP contribution in [0.5, 0.6) is 11.5 Å². The number of aromatic nitrogens is 1. The highest BCUT2D eigenvalue weighted by molar-refractivity contribution is 5.97. The van der Waals surface area contributed by atoms with Gasteiger partial charge in [-0.2, -0.15) is 0 Å². The van der Waals surface area contributed by atoms with E-state index in [-0.39, 0.29) is 5.41 Å². The number of nitrogens with one attached hydrogen (secondary N) is 1. The van der Waals surface area contributed by atoms with Crippen molar-refractivity contribution in [3.05, 3.63) is 48.0 Å². The van der Waals surface area contributed by atoms with Crippen LogP contribution in [0.4, 0.5) is 5.82 Å². The number of fused-ring (bicyclic) bond motifs is 1. The Morgan fingerprint density at radius 3 is 2.33 bits per heavy atom. The lowest BCUT2D eigenvalue weighted by molar-refractivity contribution is 0.390. The Hall–Kier alpha value is -2.69. The average Bonchev–Trinajstić information content (AvgIpc) is 3.04. The lowest BCUT2D eigenvalue weighted by Gasteiger charge is -2.25. The Morgan fingerprint density at radius 2 is 1.67 bits per heavy atom. The number of rotatable bonds is 6. The summed E-state index contributed by atoms with van der Waals surface area (Å²) in [5.41, 5.74) is 1.78. The minimum Gasteiger partial charge on any atom is -0.496 e. The third kappa shape index (κ3) is 2.89. The van der Waals surface area contributed by atoms with Crippen LogP contribution in [0.25, 0.3) is 11.0 Å². The Labute approximate surface area is 141 Å². The van der Waals surface area contributed by atoms with Gasteiger partial charge in [-0.1, -0.05) is 49.3 Å². The van der Waals surface area contributed by atoms with Crippen molar-refractivity contribution >= 4 is 16.8 Å². The number of methoxy groups -OCH3 is 2. The number of hydrogen-bond donors (Lipinski definition) is 1. The summed E-state index contributed by atoms with van der Waals surface area (Å²) in [6.45, 7) is 5.09. The average molecular weight is 326 g/mol. The number of benzene rings is 2. The first-order valence-electron chi connectivity index (χ1n) is 7.86. The zero-order valence-electron chi connectivity index (χ0n) is 14.4. The van der Waals surface area contributed by atoms with Gasteiger partial charge in [0.2, 0.25) is 5.58 Å². The van der Waals surface area contributed by atoms with Gasteiger partial charge in [-0.15, -0.1) is 0 Å². The van der Waals surface area contributed by atoms with Crippen molar-refractivity contribution in [1.29, 1.82) is 0 Å². The van der Waals surface area contributed by atoms with Crippen LogP contribution in [-0.2, 0) is 5.41 Å². The minimum atomic E-state index is -0.0569. The number of hydrogen-bond acceptors (Lipinski definition) is 5. The van der Waals surface area contributed by atoms with Crippen LogP contribution in [0.15, 0.2) is 47.0 Å². The molecule has 3 rings (SSSR count). The molecule has 0 saturated carbocycles. The molecule has 5 heteroatoms. The summed E-state index contributed by atoms with van der Waals surface area (Å²) < 4.78 is 16.3. The maximum atomic E-state index is 5.47. The van der Waals surface area contributed by atoms with Crippen LogP contribution in [0.2, 0.25) is 0 Å². The number of ether oxygens (including phenoxy) is 2. The zero-order chi connectivity index (χ0) is 17.2. The molecule has 5 nitrogen and oxygen atoms in total. The molecule has 0 unspecified atom stereocenters. The molecule has 0 bridgehead atoms. The van der Waals surface area contributed by atoms with Crippen LogP contribution in [-0.4, -0.2) is 25.9 Å². The molecule has 3 aromatic rings. The van der Waals surface area contributed by atoms with E-state index in [4.69, 9.17) is 14.0 Å². The van der Waals surface area contributed by atoms with Crippen LogP contribution >= 0.6 is 0 Å². The van der Waals surface area contributed by atoms with Crippen molar-refractivity contribution in [3.63, 3.8) is 0 Å². The molecule has 0 aliphatic rings. The molecule has 0 saturated heterocycles. The topological polar surface area (TPSA) is 56.5 Å². The number of anilines is 1. The maximum absolute atomic E-state index is 5.47. The van der Waals surface area contributed by atoms with E-state index in [0.717, 1.165) is 5.39 Å². The smallest absolute Gasteiger partial charge is 0.214 e. The fourth-order valence-electron chi connectivity index (χ4n) is 2.74. The molecule has 0 radical (unpaired) electrons. The van der Waals surface area contributed by atoms with E-state index in [2.05, 4.69) is 48.6 Å². The van der Waals surface area contributed by atoms with Crippen LogP contribution in [0, 0.1) is 0 Å². The van der Waals surface area contributed by atoms with Gasteiger partial charge in [0.15, 0.2) is 11.6 Å². The Kier molecular flexibility index (Phi) is 4.34. The van der Waals surface area contributed by atoms with Gasteiger partial charge < -0.3 is 19.3 Å². The Morgan fingerprint density at radius 1 is 1.00 bits per heavy atom. The van der Waals surface area contributed by atoms with E-state index in [1.807, 2.05) is 18.2 Å². The first-order chi connectivity index (χ1) is 11.6. The van der Waals surface area contributed by atoms with Gasteiger partial charge in [-0.25, -0.2) is 0 Å². The van der Waals surface area contributed by atoms with E-state index >= 15 is 0 Å². The lowest BCUT2D eigenvalue weighted by atomic mass is 9.84. The highest BCUT2D eigenvalue weighted by atomic mass is 16.5. The third-order valence-corrected chi connectivity index (χ3v) is 4.24. The fourth-order valence-corrected chi connectivity index (χ4v) is 2.74. The molecule has 1 aromatic heterocycles. The van der Waals surface area contributed by atoms with Crippen molar-refractivity contribution in [2.24, 2.45) is 0 Å². The molecule has 0 atom stereocenters. The van der Waals surface area contributed by atoms with Gasteiger partial charge in [0, 0.05) is 12.0 Å². The quantitative estimate of drug-likeness (QED) is 0.734. The first kappa shape index (κ1) is 16.2. The van der Waals surface area contributed by atoms with Crippen LogP contribution in [0.3, 0.4) is 0 Å². The SMILES string of the molecule is COc1ccc(OC)c2c(NCC(C)(C)c3ccccc3)noc12. The molecule has 0 spiro atoms. The van der Waals surface area contributed by atoms with Crippen molar-refractivity contribution < 1.29 is 14.0 Å². The molecule has 1 N–H and O–H groups in total. The van der Waals surface area contributed by atoms with E-state index in [9.17, 15) is 0 Å². The minimum absolute atomic E-state index is 0.0569. The van der Waals surface area contributed by atoms with Gasteiger partial charge >= 0.3 is 0 Å². The molecule has 0 aliphatic carbocycles. The lowest BCUT2D eigenvalue weighted by Crippen LogP contribution is -2.27. The van der Waals surface area contributed by atoms with Crippen molar-refractivity contribution in [2.45, 2.75) is 19.3 Å². The summed E-state index contributed by atoms with van der Waals surface area (Å²) in [5, 5.41) is 8.35. The second-order valence-corrected chi connectivity index (χ2v) is 6.31. The molecule has 0 aliphatic heterocycles. The normalized spacial score (nSPS) is 11.5. The summed E-state index contributed by atoms with van der Waals surface area (Å²) >= 11 is 0. The standard InChI is InChI=1S/C19H22N2O3/c1-19(2,13-8-6-5-7-9-13)12-20-18-16-14(22-3)10-11-15(23-4)17(16)24-21-18/h5-11H,12H2,1-4H3,(H,20,21). The largest absolute Gasteiger partial charge is 0.496 e. The van der Waals surface area contributed by atoms with Crippen molar-refractivity contribution in [3.8, 4) is 11.5 Å². The Balaban J connectivity index is 1.91. The summed E-state index contributed by atoms with van der Waals surface area (Å²) in [4.78, 5) is 0. The van der Waals surface area contributed by atoms with E-state index < -0.39 is 0 Å². The Bertz CT molecular complexity index is 825. The highest BCUT2D eigenvalue weighted by Crippen LogP contribution is 2.38. The molecule has 0 amide bonds. The summed E-state index contributed by atoms with van der Waals surface area (Å²) in [6, 6.07) is 14.1. The highest BCUT2D eigenvalue weighted by Gasteiger charge is 2.23. The summed E-state index contributed by atoms with van der Waals surface area (Å²) in [5.74, 6) is 1.99.